The molecule has 0 atom stereocenters. The standard InChI is InChI=1S/C20H17ClN2O6/c1-27-16-5-4-6-17(28-2)18(16)15-10-14(20(26)29-3)22-23(15)11-7-8-13(21)12(9-11)19(24)25/h4-10H,1-3H3,(H,24,25). The van der Waals surface area contributed by atoms with Crippen LogP contribution in [0.3, 0.4) is 0 Å². The molecule has 0 aliphatic carbocycles. The quantitative estimate of drug-likeness (QED) is 0.611. The largest absolute Gasteiger partial charge is 0.496 e. The number of benzene rings is 2. The lowest BCUT2D eigenvalue weighted by Crippen LogP contribution is -2.06. The number of esters is 1. The third kappa shape index (κ3) is 3.74. The number of hydrogen-bond acceptors (Lipinski definition) is 6. The van der Waals surface area contributed by atoms with E-state index >= 15 is 0 Å². The first kappa shape index (κ1) is 20.2. The molecule has 0 saturated heterocycles. The summed E-state index contributed by atoms with van der Waals surface area (Å²) in [4.78, 5) is 23.6. The van der Waals surface area contributed by atoms with E-state index in [1.807, 2.05) is 0 Å². The van der Waals surface area contributed by atoms with Crippen LogP contribution in [0.4, 0.5) is 0 Å². The highest BCUT2D eigenvalue weighted by molar-refractivity contribution is 6.33. The molecule has 8 nitrogen and oxygen atoms in total. The summed E-state index contributed by atoms with van der Waals surface area (Å²) in [6.07, 6.45) is 0. The number of ether oxygens (including phenoxy) is 3. The average molecular weight is 417 g/mol. The van der Waals surface area contributed by atoms with E-state index in [-0.39, 0.29) is 16.3 Å². The maximum atomic E-state index is 12.1. The van der Waals surface area contributed by atoms with Crippen molar-refractivity contribution in [2.75, 3.05) is 21.3 Å². The van der Waals surface area contributed by atoms with Crippen molar-refractivity contribution in [1.29, 1.82) is 0 Å². The smallest absolute Gasteiger partial charge is 0.358 e. The van der Waals surface area contributed by atoms with E-state index in [0.29, 0.717) is 28.4 Å². The van der Waals surface area contributed by atoms with Crippen LogP contribution < -0.4 is 9.47 Å². The number of carbonyl (C=O) groups is 2. The SMILES string of the molecule is COC(=O)c1cc(-c2c(OC)cccc2OC)n(-c2ccc(Cl)c(C(=O)O)c2)n1. The first-order chi connectivity index (χ1) is 13.9. The van der Waals surface area contributed by atoms with Crippen molar-refractivity contribution in [3.63, 3.8) is 0 Å². The first-order valence-electron chi connectivity index (χ1n) is 8.34. The molecule has 0 bridgehead atoms. The van der Waals surface area contributed by atoms with Crippen LogP contribution in [0.2, 0.25) is 5.02 Å². The number of halogens is 1. The van der Waals surface area contributed by atoms with Gasteiger partial charge in [0.05, 0.1) is 48.9 Å². The Morgan fingerprint density at radius 1 is 1.03 bits per heavy atom. The van der Waals surface area contributed by atoms with E-state index in [1.165, 1.54) is 44.2 Å². The molecule has 0 aliphatic rings. The van der Waals surface area contributed by atoms with E-state index in [9.17, 15) is 14.7 Å². The number of hydrogen-bond donors (Lipinski definition) is 1. The second-order valence-electron chi connectivity index (χ2n) is 5.83. The highest BCUT2D eigenvalue weighted by Gasteiger charge is 2.23. The third-order valence-electron chi connectivity index (χ3n) is 4.21. The fourth-order valence-electron chi connectivity index (χ4n) is 2.87. The number of aromatic carboxylic acids is 1. The van der Waals surface area contributed by atoms with Crippen LogP contribution in [0, 0.1) is 0 Å². The van der Waals surface area contributed by atoms with E-state index < -0.39 is 11.9 Å². The van der Waals surface area contributed by atoms with Crippen molar-refractivity contribution >= 4 is 23.5 Å². The number of methoxy groups -OCH3 is 3. The Hall–Kier alpha value is -3.52. The van der Waals surface area contributed by atoms with Crippen LogP contribution in [-0.2, 0) is 4.74 Å². The molecule has 0 saturated carbocycles. The molecular weight excluding hydrogens is 400 g/mol. The third-order valence-corrected chi connectivity index (χ3v) is 4.54. The summed E-state index contributed by atoms with van der Waals surface area (Å²) in [5, 5.41) is 13.8. The van der Waals surface area contributed by atoms with Gasteiger partial charge in [0.15, 0.2) is 5.69 Å². The van der Waals surface area contributed by atoms with Crippen molar-refractivity contribution in [3.8, 4) is 28.4 Å². The van der Waals surface area contributed by atoms with Gasteiger partial charge >= 0.3 is 11.9 Å². The Kier molecular flexibility index (Phi) is 5.74. The molecule has 1 N–H and O–H groups in total. The number of carboxylic acid groups (broad SMARTS) is 1. The lowest BCUT2D eigenvalue weighted by Gasteiger charge is -2.15. The average Bonchev–Trinajstić information content (AvgIpc) is 3.17. The number of carbonyl (C=O) groups excluding carboxylic acids is 1. The predicted molar refractivity (Wildman–Crippen MR) is 105 cm³/mol. The Morgan fingerprint density at radius 2 is 1.69 bits per heavy atom. The molecule has 0 radical (unpaired) electrons. The van der Waals surface area contributed by atoms with Crippen molar-refractivity contribution in [2.45, 2.75) is 0 Å². The molecule has 0 aliphatic heterocycles. The van der Waals surface area contributed by atoms with Crippen LogP contribution in [-0.4, -0.2) is 48.2 Å². The zero-order valence-electron chi connectivity index (χ0n) is 15.8. The highest BCUT2D eigenvalue weighted by atomic mass is 35.5. The van der Waals surface area contributed by atoms with Gasteiger partial charge in [0.2, 0.25) is 0 Å². The maximum absolute atomic E-state index is 12.1. The lowest BCUT2D eigenvalue weighted by atomic mass is 10.1. The summed E-state index contributed by atoms with van der Waals surface area (Å²) < 4.78 is 17.1. The number of aromatic nitrogens is 2. The van der Waals surface area contributed by atoms with E-state index in [0.717, 1.165) is 0 Å². The topological polar surface area (TPSA) is 99.9 Å². The van der Waals surface area contributed by atoms with Gasteiger partial charge in [0.1, 0.15) is 11.5 Å². The zero-order valence-corrected chi connectivity index (χ0v) is 16.6. The van der Waals surface area contributed by atoms with Gasteiger partial charge in [-0.1, -0.05) is 17.7 Å². The van der Waals surface area contributed by atoms with Crippen LogP contribution in [0.15, 0.2) is 42.5 Å². The summed E-state index contributed by atoms with van der Waals surface area (Å²) >= 11 is 5.98. The Balaban J connectivity index is 2.33. The summed E-state index contributed by atoms with van der Waals surface area (Å²) in [7, 11) is 4.26. The second kappa shape index (κ2) is 8.24. The Bertz CT molecular complexity index is 1070. The molecule has 0 amide bonds. The van der Waals surface area contributed by atoms with Crippen LogP contribution in [0.5, 0.6) is 11.5 Å². The van der Waals surface area contributed by atoms with Gasteiger partial charge in [-0.25, -0.2) is 14.3 Å². The van der Waals surface area contributed by atoms with E-state index in [2.05, 4.69) is 5.10 Å². The van der Waals surface area contributed by atoms with Crippen LogP contribution >= 0.6 is 11.6 Å². The predicted octanol–water partition coefficient (Wildman–Crippen LogP) is 3.69. The minimum atomic E-state index is -1.19. The normalized spacial score (nSPS) is 10.5. The summed E-state index contributed by atoms with van der Waals surface area (Å²) in [5.41, 5.74) is 1.29. The molecule has 150 valence electrons. The number of carboxylic acids is 1. The minimum absolute atomic E-state index is 0.0299. The lowest BCUT2D eigenvalue weighted by molar-refractivity contribution is 0.0592. The molecular formula is C20H17ClN2O6. The number of rotatable bonds is 6. The van der Waals surface area contributed by atoms with Gasteiger partial charge in [-0.3, -0.25) is 0 Å². The molecule has 29 heavy (non-hydrogen) atoms. The number of nitrogens with zero attached hydrogens (tertiary/aromatic N) is 2. The van der Waals surface area contributed by atoms with Crippen molar-refractivity contribution in [3.05, 3.63) is 58.7 Å². The molecule has 3 aromatic rings. The zero-order chi connectivity index (χ0) is 21.1. The molecule has 0 spiro atoms. The Labute approximate surface area is 171 Å². The molecule has 9 heteroatoms. The molecule has 1 heterocycles. The van der Waals surface area contributed by atoms with Gasteiger partial charge in [0.25, 0.3) is 0 Å². The summed E-state index contributed by atoms with van der Waals surface area (Å²) in [6, 6.07) is 11.1. The van der Waals surface area contributed by atoms with Gasteiger partial charge in [-0.2, -0.15) is 5.10 Å². The van der Waals surface area contributed by atoms with Crippen molar-refractivity contribution < 1.29 is 28.9 Å². The van der Waals surface area contributed by atoms with Gasteiger partial charge in [0, 0.05) is 0 Å². The first-order valence-corrected chi connectivity index (χ1v) is 8.72. The molecule has 1 aromatic heterocycles. The molecule has 2 aromatic carbocycles. The minimum Gasteiger partial charge on any atom is -0.496 e. The van der Waals surface area contributed by atoms with Crippen LogP contribution in [0.25, 0.3) is 16.9 Å². The van der Waals surface area contributed by atoms with Crippen molar-refractivity contribution in [2.24, 2.45) is 0 Å². The summed E-state index contributed by atoms with van der Waals surface area (Å²) in [5.74, 6) is -0.872. The highest BCUT2D eigenvalue weighted by Crippen LogP contribution is 2.39. The van der Waals surface area contributed by atoms with Gasteiger partial charge in [-0.15, -0.1) is 0 Å². The van der Waals surface area contributed by atoms with Crippen LogP contribution in [0.1, 0.15) is 20.8 Å². The van der Waals surface area contributed by atoms with Crippen molar-refractivity contribution in [1.82, 2.24) is 9.78 Å². The van der Waals surface area contributed by atoms with Gasteiger partial charge in [-0.05, 0) is 36.4 Å². The maximum Gasteiger partial charge on any atom is 0.358 e. The molecule has 0 unspecified atom stereocenters. The molecule has 0 fully saturated rings. The van der Waals surface area contributed by atoms with E-state index in [1.54, 1.807) is 24.3 Å². The second-order valence-corrected chi connectivity index (χ2v) is 6.23. The molecule has 3 rings (SSSR count). The Morgan fingerprint density at radius 3 is 2.24 bits per heavy atom. The monoisotopic (exact) mass is 416 g/mol. The fraction of sp³-hybridized carbons (Fsp3) is 0.150. The van der Waals surface area contributed by atoms with Gasteiger partial charge < -0.3 is 19.3 Å². The summed E-state index contributed by atoms with van der Waals surface area (Å²) in [6.45, 7) is 0. The fourth-order valence-corrected chi connectivity index (χ4v) is 3.07. The van der Waals surface area contributed by atoms with E-state index in [4.69, 9.17) is 25.8 Å².